The summed E-state index contributed by atoms with van der Waals surface area (Å²) in [5, 5.41) is 5.54. The fraction of sp³-hybridized carbons (Fsp3) is 0.176. The summed E-state index contributed by atoms with van der Waals surface area (Å²) in [4.78, 5) is 23.5. The molecule has 2 N–H and O–H groups in total. The first-order valence-electron chi connectivity index (χ1n) is 6.82. The molecule has 22 heavy (non-hydrogen) atoms. The summed E-state index contributed by atoms with van der Waals surface area (Å²) in [7, 11) is 0. The van der Waals surface area contributed by atoms with Crippen molar-refractivity contribution in [2.45, 2.75) is 20.8 Å². The molecule has 0 bridgehead atoms. The highest BCUT2D eigenvalue weighted by Crippen LogP contribution is 2.21. The van der Waals surface area contributed by atoms with Gasteiger partial charge in [-0.3, -0.25) is 4.79 Å². The van der Waals surface area contributed by atoms with Crippen LogP contribution >= 0.6 is 15.9 Å². The molecule has 0 radical (unpaired) electrons. The van der Waals surface area contributed by atoms with Crippen LogP contribution in [0.15, 0.2) is 40.9 Å². The SMILES string of the molecule is CC(=O)c1ccc(C)c(NC(=O)Nc2ccc(C)c(Br)c2)c1. The first-order valence-corrected chi connectivity index (χ1v) is 7.62. The van der Waals surface area contributed by atoms with Gasteiger partial charge in [-0.15, -0.1) is 0 Å². The molecule has 2 aromatic carbocycles. The molecule has 0 aromatic heterocycles. The van der Waals surface area contributed by atoms with Crippen LogP contribution < -0.4 is 10.6 Å². The molecule has 2 aromatic rings. The third kappa shape index (κ3) is 3.95. The monoisotopic (exact) mass is 360 g/mol. The standard InChI is InChI=1S/C17H17BrN2O2/c1-10-5-7-14(9-15(10)18)19-17(22)20-16-8-13(12(3)21)6-4-11(16)2/h4-9H,1-3H3,(H2,19,20,22). The predicted molar refractivity (Wildman–Crippen MR) is 92.7 cm³/mol. The van der Waals surface area contributed by atoms with Gasteiger partial charge < -0.3 is 10.6 Å². The molecule has 114 valence electrons. The summed E-state index contributed by atoms with van der Waals surface area (Å²) in [6.45, 7) is 5.35. The van der Waals surface area contributed by atoms with E-state index in [4.69, 9.17) is 0 Å². The maximum atomic E-state index is 12.1. The second kappa shape index (κ2) is 6.75. The van der Waals surface area contributed by atoms with Gasteiger partial charge in [-0.25, -0.2) is 4.79 Å². The first kappa shape index (κ1) is 16.2. The van der Waals surface area contributed by atoms with E-state index in [-0.39, 0.29) is 11.8 Å². The van der Waals surface area contributed by atoms with Gasteiger partial charge in [0.2, 0.25) is 0 Å². The van der Waals surface area contributed by atoms with Crippen molar-refractivity contribution in [1.82, 2.24) is 0 Å². The second-order valence-corrected chi connectivity index (χ2v) is 5.98. The number of urea groups is 1. The molecule has 0 aliphatic heterocycles. The van der Waals surface area contributed by atoms with E-state index in [2.05, 4.69) is 26.6 Å². The molecular formula is C17H17BrN2O2. The highest BCUT2D eigenvalue weighted by atomic mass is 79.9. The zero-order valence-electron chi connectivity index (χ0n) is 12.7. The molecule has 0 fully saturated rings. The van der Waals surface area contributed by atoms with Gasteiger partial charge in [0.15, 0.2) is 5.78 Å². The number of ketones is 1. The Bertz CT molecular complexity index is 741. The zero-order chi connectivity index (χ0) is 16.3. The number of hydrogen-bond donors (Lipinski definition) is 2. The minimum absolute atomic E-state index is 0.0362. The predicted octanol–water partition coefficient (Wildman–Crippen LogP) is 4.91. The number of anilines is 2. The lowest BCUT2D eigenvalue weighted by molar-refractivity contribution is 0.101. The van der Waals surface area contributed by atoms with Crippen LogP contribution in [-0.2, 0) is 0 Å². The van der Waals surface area contributed by atoms with E-state index in [1.165, 1.54) is 6.92 Å². The Labute approximate surface area is 138 Å². The third-order valence-corrected chi connectivity index (χ3v) is 4.18. The molecule has 0 aliphatic rings. The van der Waals surface area contributed by atoms with E-state index < -0.39 is 0 Å². The molecule has 0 spiro atoms. The van der Waals surface area contributed by atoms with Crippen molar-refractivity contribution in [2.75, 3.05) is 10.6 Å². The van der Waals surface area contributed by atoms with Crippen LogP contribution in [0.2, 0.25) is 0 Å². The van der Waals surface area contributed by atoms with Crippen molar-refractivity contribution in [1.29, 1.82) is 0 Å². The van der Waals surface area contributed by atoms with Gasteiger partial charge >= 0.3 is 6.03 Å². The van der Waals surface area contributed by atoms with Crippen LogP contribution in [0.5, 0.6) is 0 Å². The van der Waals surface area contributed by atoms with E-state index in [9.17, 15) is 9.59 Å². The van der Waals surface area contributed by atoms with Gasteiger partial charge in [0.25, 0.3) is 0 Å². The van der Waals surface area contributed by atoms with Gasteiger partial charge in [-0.05, 0) is 50.1 Å². The Morgan fingerprint density at radius 3 is 2.27 bits per heavy atom. The van der Waals surface area contributed by atoms with Crippen molar-refractivity contribution in [3.05, 3.63) is 57.6 Å². The summed E-state index contributed by atoms with van der Waals surface area (Å²) >= 11 is 3.43. The number of hydrogen-bond acceptors (Lipinski definition) is 2. The van der Waals surface area contributed by atoms with Crippen molar-refractivity contribution in [2.24, 2.45) is 0 Å². The molecule has 0 saturated heterocycles. The number of amides is 2. The Hall–Kier alpha value is -2.14. The van der Waals surface area contributed by atoms with Gasteiger partial charge in [-0.1, -0.05) is 34.1 Å². The van der Waals surface area contributed by atoms with Crippen LogP contribution in [0, 0.1) is 13.8 Å². The van der Waals surface area contributed by atoms with Crippen molar-refractivity contribution < 1.29 is 9.59 Å². The number of nitrogens with one attached hydrogen (secondary N) is 2. The molecule has 2 amide bonds. The quantitative estimate of drug-likeness (QED) is 0.763. The average Bonchev–Trinajstić information content (AvgIpc) is 2.45. The number of carbonyl (C=O) groups is 2. The summed E-state index contributed by atoms with van der Waals surface area (Å²) < 4.78 is 0.931. The summed E-state index contributed by atoms with van der Waals surface area (Å²) in [5.74, 6) is -0.0362. The van der Waals surface area contributed by atoms with Crippen LogP contribution in [0.3, 0.4) is 0 Å². The van der Waals surface area contributed by atoms with Gasteiger partial charge in [0.05, 0.1) is 0 Å². The van der Waals surface area contributed by atoms with Gasteiger partial charge in [-0.2, -0.15) is 0 Å². The lowest BCUT2D eigenvalue weighted by Crippen LogP contribution is -2.20. The maximum absolute atomic E-state index is 12.1. The van der Waals surface area contributed by atoms with Gasteiger partial charge in [0, 0.05) is 21.4 Å². The zero-order valence-corrected chi connectivity index (χ0v) is 14.2. The van der Waals surface area contributed by atoms with Crippen molar-refractivity contribution in [3.8, 4) is 0 Å². The number of aryl methyl sites for hydroxylation is 2. The molecule has 0 heterocycles. The van der Waals surface area contributed by atoms with Crippen LogP contribution in [0.4, 0.5) is 16.2 Å². The number of halogens is 1. The fourth-order valence-electron chi connectivity index (χ4n) is 1.93. The van der Waals surface area contributed by atoms with Crippen LogP contribution in [0.25, 0.3) is 0 Å². The third-order valence-electron chi connectivity index (χ3n) is 3.32. The lowest BCUT2D eigenvalue weighted by atomic mass is 10.1. The number of benzene rings is 2. The second-order valence-electron chi connectivity index (χ2n) is 5.13. The summed E-state index contributed by atoms with van der Waals surface area (Å²) in [6.07, 6.45) is 0. The maximum Gasteiger partial charge on any atom is 0.323 e. The molecule has 2 rings (SSSR count). The number of rotatable bonds is 3. The molecule has 4 nitrogen and oxygen atoms in total. The van der Waals surface area contributed by atoms with Crippen LogP contribution in [0.1, 0.15) is 28.4 Å². The number of carbonyl (C=O) groups excluding carboxylic acids is 2. The molecule has 5 heteroatoms. The first-order chi connectivity index (χ1) is 10.4. The van der Waals surface area contributed by atoms with E-state index in [1.807, 2.05) is 38.1 Å². The molecule has 0 unspecified atom stereocenters. The van der Waals surface area contributed by atoms with Gasteiger partial charge in [0.1, 0.15) is 0 Å². The summed E-state index contributed by atoms with van der Waals surface area (Å²) in [5.41, 5.74) is 3.87. The van der Waals surface area contributed by atoms with E-state index in [0.29, 0.717) is 16.9 Å². The van der Waals surface area contributed by atoms with E-state index >= 15 is 0 Å². The average molecular weight is 361 g/mol. The molecule has 0 saturated carbocycles. The molecular weight excluding hydrogens is 344 g/mol. The normalized spacial score (nSPS) is 10.2. The highest BCUT2D eigenvalue weighted by Gasteiger charge is 2.08. The Balaban J connectivity index is 2.13. The Morgan fingerprint density at radius 1 is 0.955 bits per heavy atom. The lowest BCUT2D eigenvalue weighted by Gasteiger charge is -2.11. The topological polar surface area (TPSA) is 58.2 Å². The number of Topliss-reactive ketones (excluding diaryl/α,β-unsaturated/α-hetero) is 1. The fourth-order valence-corrected chi connectivity index (χ4v) is 2.31. The summed E-state index contributed by atoms with van der Waals surface area (Å²) in [6, 6.07) is 10.5. The minimum atomic E-state index is -0.348. The molecule has 0 atom stereocenters. The Morgan fingerprint density at radius 2 is 1.64 bits per heavy atom. The Kier molecular flexibility index (Phi) is 4.98. The van der Waals surface area contributed by atoms with E-state index in [1.54, 1.807) is 12.1 Å². The van der Waals surface area contributed by atoms with E-state index in [0.717, 1.165) is 15.6 Å². The van der Waals surface area contributed by atoms with Crippen molar-refractivity contribution >= 4 is 39.1 Å². The smallest absolute Gasteiger partial charge is 0.308 e. The minimum Gasteiger partial charge on any atom is -0.308 e. The largest absolute Gasteiger partial charge is 0.323 e. The van der Waals surface area contributed by atoms with Crippen LogP contribution in [-0.4, -0.2) is 11.8 Å². The molecule has 0 aliphatic carbocycles. The van der Waals surface area contributed by atoms with Crippen molar-refractivity contribution in [3.63, 3.8) is 0 Å². The highest BCUT2D eigenvalue weighted by molar-refractivity contribution is 9.10.